The van der Waals surface area contributed by atoms with Crippen LogP contribution in [0.1, 0.15) is 51.9 Å². The number of benzene rings is 2. The van der Waals surface area contributed by atoms with Crippen molar-refractivity contribution in [2.24, 2.45) is 5.92 Å². The molecule has 0 heterocycles. The molecule has 0 aliphatic rings. The maximum atomic E-state index is 13.8. The van der Waals surface area contributed by atoms with Gasteiger partial charge in [-0.2, -0.15) is 39.5 Å². The lowest BCUT2D eigenvalue weighted by atomic mass is 9.92. The first-order valence-electron chi connectivity index (χ1n) is 11.0. The first-order valence-corrected chi connectivity index (χ1v) is 11.8. The summed E-state index contributed by atoms with van der Waals surface area (Å²) in [6, 6.07) is 4.31. The van der Waals surface area contributed by atoms with E-state index >= 15 is 0 Å². The van der Waals surface area contributed by atoms with Crippen molar-refractivity contribution in [3.63, 3.8) is 0 Å². The van der Waals surface area contributed by atoms with E-state index in [0.29, 0.717) is 12.1 Å². The Morgan fingerprint density at radius 1 is 0.974 bits per heavy atom. The Morgan fingerprint density at radius 3 is 2.10 bits per heavy atom. The Balaban J connectivity index is 2.37. The lowest BCUT2D eigenvalue weighted by molar-refractivity contribution is -0.140. The second-order valence-corrected chi connectivity index (χ2v) is 9.46. The van der Waals surface area contributed by atoms with Gasteiger partial charge in [0, 0.05) is 17.9 Å². The third-order valence-electron chi connectivity index (χ3n) is 5.48. The Hall–Kier alpha value is -2.73. The molecule has 214 valence electrons. The highest BCUT2D eigenvalue weighted by Crippen LogP contribution is 2.40. The van der Waals surface area contributed by atoms with Gasteiger partial charge in [0.15, 0.2) is 5.78 Å². The topological polar surface area (TPSA) is 46.2 Å². The minimum Gasteiger partial charge on any atom is -0.347 e. The van der Waals surface area contributed by atoms with Crippen LogP contribution < -0.4 is 5.32 Å². The monoisotopic (exact) mass is 607 g/mol. The number of rotatable bonds is 8. The quantitative estimate of drug-likeness (QED) is 0.241. The first-order chi connectivity index (χ1) is 17.7. The summed E-state index contributed by atoms with van der Waals surface area (Å²) >= 11 is 11.8. The van der Waals surface area contributed by atoms with Crippen LogP contribution in [0, 0.1) is 12.8 Å². The molecule has 0 bridgehead atoms. The number of aryl methyl sites for hydroxylation is 1. The number of Topliss-reactive ketones (excluding diaryl/α,β-unsaturated/α-hetero) is 1. The van der Waals surface area contributed by atoms with Gasteiger partial charge in [-0.05, 0) is 35.7 Å². The van der Waals surface area contributed by atoms with Crippen molar-refractivity contribution in [3.8, 4) is 0 Å². The van der Waals surface area contributed by atoms with Crippen LogP contribution in [0.3, 0.4) is 0 Å². The Morgan fingerprint density at radius 2 is 1.59 bits per heavy atom. The molecule has 0 spiro atoms. The Labute approximate surface area is 227 Å². The normalized spacial score (nSPS) is 14.4. The highest BCUT2D eigenvalue weighted by atomic mass is 35.5. The third-order valence-corrected chi connectivity index (χ3v) is 6.37. The van der Waals surface area contributed by atoms with Gasteiger partial charge in [-0.1, -0.05) is 60.5 Å². The van der Waals surface area contributed by atoms with Gasteiger partial charge < -0.3 is 5.32 Å². The minimum absolute atomic E-state index is 0.0487. The van der Waals surface area contributed by atoms with Crippen molar-refractivity contribution in [2.75, 3.05) is 6.54 Å². The number of nitrogens with one attached hydrogen (secondary N) is 1. The predicted molar refractivity (Wildman–Crippen MR) is 128 cm³/mol. The van der Waals surface area contributed by atoms with Crippen molar-refractivity contribution < 1.29 is 49.1 Å². The van der Waals surface area contributed by atoms with Gasteiger partial charge in [-0.15, -0.1) is 0 Å². The number of carbonyl (C=O) groups is 2. The van der Waals surface area contributed by atoms with Gasteiger partial charge >= 0.3 is 18.5 Å². The maximum Gasteiger partial charge on any atom is 0.417 e. The molecule has 1 unspecified atom stereocenters. The van der Waals surface area contributed by atoms with Crippen LogP contribution in [0.25, 0.3) is 6.08 Å². The van der Waals surface area contributed by atoms with Gasteiger partial charge in [0.05, 0.1) is 21.5 Å². The molecule has 1 N–H and O–H groups in total. The number of amides is 1. The second kappa shape index (κ2) is 12.2. The van der Waals surface area contributed by atoms with Crippen LogP contribution in [0.5, 0.6) is 0 Å². The number of carbonyl (C=O) groups excluding carboxylic acids is 2. The standard InChI is InChI=1S/C25H20Cl2F9NO2/c1-12-7-15(10-19(26)21(12)27)17(24(31,32)33)6-4-14-3-5-16(18(9-14)25(34,35)36)20(38)8-13(2)22(39)37-11-23(28,29)30/h3-7,9-10,13,17H,8,11H2,1-2H3,(H,37,39)/b6-4+/t13-,17?/m0/s1. The van der Waals surface area contributed by atoms with Crippen LogP contribution in [0.15, 0.2) is 36.4 Å². The van der Waals surface area contributed by atoms with Gasteiger partial charge in [0.2, 0.25) is 5.91 Å². The van der Waals surface area contributed by atoms with E-state index in [1.54, 1.807) is 5.32 Å². The molecule has 0 aliphatic carbocycles. The fourth-order valence-corrected chi connectivity index (χ4v) is 3.92. The average Bonchev–Trinajstić information content (AvgIpc) is 2.78. The molecule has 2 atom stereocenters. The molecular formula is C25H20Cl2F9NO2. The molecule has 0 saturated heterocycles. The molecule has 0 radical (unpaired) electrons. The van der Waals surface area contributed by atoms with Crippen LogP contribution in [0.2, 0.25) is 10.0 Å². The number of ketones is 1. The Kier molecular flexibility index (Phi) is 10.2. The number of allylic oxidation sites excluding steroid dienone is 1. The van der Waals surface area contributed by atoms with Crippen molar-refractivity contribution >= 4 is 41.0 Å². The van der Waals surface area contributed by atoms with E-state index < -0.39 is 66.1 Å². The van der Waals surface area contributed by atoms with E-state index in [1.807, 2.05) is 0 Å². The molecular weight excluding hydrogens is 588 g/mol. The predicted octanol–water partition coefficient (Wildman–Crippen LogP) is 8.57. The second-order valence-electron chi connectivity index (χ2n) is 8.68. The molecule has 0 aliphatic heterocycles. The number of halogens is 11. The SMILES string of the molecule is Cc1cc(C(/C=C/c2ccc(C(=O)C[C@H](C)C(=O)NCC(F)(F)F)c(C(F)(F)F)c2)C(F)(F)F)cc(Cl)c1Cl. The molecule has 39 heavy (non-hydrogen) atoms. The van der Waals surface area contributed by atoms with Gasteiger partial charge in [-0.25, -0.2) is 0 Å². The largest absolute Gasteiger partial charge is 0.417 e. The molecule has 2 aromatic carbocycles. The maximum absolute atomic E-state index is 13.8. The summed E-state index contributed by atoms with van der Waals surface area (Å²) < 4.78 is 119. The summed E-state index contributed by atoms with van der Waals surface area (Å²) in [6.45, 7) is 0.816. The summed E-state index contributed by atoms with van der Waals surface area (Å²) in [5.74, 6) is -6.02. The number of alkyl halides is 9. The lowest BCUT2D eigenvalue weighted by Gasteiger charge is -2.19. The summed E-state index contributed by atoms with van der Waals surface area (Å²) in [6.07, 6.45) is -14.1. The zero-order valence-corrected chi connectivity index (χ0v) is 21.6. The molecule has 14 heteroatoms. The van der Waals surface area contributed by atoms with E-state index in [1.165, 1.54) is 6.92 Å². The highest BCUT2D eigenvalue weighted by molar-refractivity contribution is 6.42. The van der Waals surface area contributed by atoms with E-state index in [9.17, 15) is 49.1 Å². The minimum atomic E-state index is -5.11. The average molecular weight is 608 g/mol. The molecule has 0 aromatic heterocycles. The fourth-order valence-electron chi connectivity index (χ4n) is 3.53. The first kappa shape index (κ1) is 32.5. The van der Waals surface area contributed by atoms with E-state index in [2.05, 4.69) is 0 Å². The third kappa shape index (κ3) is 9.16. The molecule has 2 aromatic rings. The van der Waals surface area contributed by atoms with Crippen LogP contribution in [0.4, 0.5) is 39.5 Å². The van der Waals surface area contributed by atoms with Crippen LogP contribution in [-0.2, 0) is 11.0 Å². The molecule has 0 saturated carbocycles. The molecule has 0 fully saturated rings. The summed E-state index contributed by atoms with van der Waals surface area (Å²) in [4.78, 5) is 24.3. The summed E-state index contributed by atoms with van der Waals surface area (Å²) in [5, 5.41) is 1.45. The Bertz CT molecular complexity index is 1230. The van der Waals surface area contributed by atoms with E-state index in [0.717, 1.165) is 37.3 Å². The van der Waals surface area contributed by atoms with E-state index in [-0.39, 0.29) is 26.7 Å². The van der Waals surface area contributed by atoms with E-state index in [4.69, 9.17) is 23.2 Å². The number of hydrogen-bond donors (Lipinski definition) is 1. The zero-order valence-electron chi connectivity index (χ0n) is 20.1. The van der Waals surface area contributed by atoms with Crippen molar-refractivity contribution in [2.45, 2.75) is 44.7 Å². The summed E-state index contributed by atoms with van der Waals surface area (Å²) in [7, 11) is 0. The van der Waals surface area contributed by atoms with Gasteiger partial charge in [0.1, 0.15) is 6.54 Å². The summed E-state index contributed by atoms with van der Waals surface area (Å²) in [5.41, 5.74) is -2.73. The zero-order chi connectivity index (χ0) is 29.9. The van der Waals surface area contributed by atoms with Crippen molar-refractivity contribution in [1.29, 1.82) is 0 Å². The van der Waals surface area contributed by atoms with Crippen molar-refractivity contribution in [1.82, 2.24) is 5.32 Å². The van der Waals surface area contributed by atoms with Gasteiger partial charge in [0.25, 0.3) is 0 Å². The highest BCUT2D eigenvalue weighted by Gasteiger charge is 2.40. The smallest absolute Gasteiger partial charge is 0.347 e. The van der Waals surface area contributed by atoms with Gasteiger partial charge in [-0.3, -0.25) is 9.59 Å². The molecule has 1 amide bonds. The number of hydrogen-bond acceptors (Lipinski definition) is 2. The lowest BCUT2D eigenvalue weighted by Crippen LogP contribution is -2.37. The van der Waals surface area contributed by atoms with Crippen LogP contribution >= 0.6 is 23.2 Å². The molecule has 2 rings (SSSR count). The van der Waals surface area contributed by atoms with Crippen LogP contribution in [-0.4, -0.2) is 30.6 Å². The fraction of sp³-hybridized carbons (Fsp3) is 0.360. The molecule has 3 nitrogen and oxygen atoms in total. The van der Waals surface area contributed by atoms with Crippen molar-refractivity contribution in [3.05, 3.63) is 74.3 Å².